The Bertz CT molecular complexity index is 628. The number of carbonyl (C=O) groups is 2. The predicted molar refractivity (Wildman–Crippen MR) is 88.1 cm³/mol. The molecule has 126 valence electrons. The van der Waals surface area contributed by atoms with Crippen LogP contribution in [-0.2, 0) is 20.9 Å². The van der Waals surface area contributed by atoms with Crippen molar-refractivity contribution in [1.29, 1.82) is 0 Å². The van der Waals surface area contributed by atoms with Crippen LogP contribution >= 0.6 is 11.3 Å². The van der Waals surface area contributed by atoms with Gasteiger partial charge in [-0.2, -0.15) is 0 Å². The van der Waals surface area contributed by atoms with E-state index in [1.165, 1.54) is 16.9 Å². The molecule has 0 unspecified atom stereocenters. The number of nitrogens with zero attached hydrogens (tertiary/aromatic N) is 1. The molecule has 0 spiro atoms. The Kier molecular flexibility index (Phi) is 5.24. The summed E-state index contributed by atoms with van der Waals surface area (Å²) >= 11 is 1.20. The molecule has 0 aliphatic heterocycles. The highest BCUT2D eigenvalue weighted by Crippen LogP contribution is 2.59. The summed E-state index contributed by atoms with van der Waals surface area (Å²) in [5, 5.41) is 2.00. The second kappa shape index (κ2) is 6.83. The van der Waals surface area contributed by atoms with Crippen LogP contribution < -0.4 is 0 Å². The molecule has 0 saturated heterocycles. The second-order valence-corrected chi connectivity index (χ2v) is 7.40. The van der Waals surface area contributed by atoms with E-state index in [0.29, 0.717) is 12.3 Å². The number of esters is 2. The Balaban J connectivity index is 1.91. The number of ether oxygens (including phenoxy) is 2. The zero-order chi connectivity index (χ0) is 17.2. The molecule has 5 nitrogen and oxygen atoms in total. The topological polar surface area (TPSA) is 65.5 Å². The van der Waals surface area contributed by atoms with Gasteiger partial charge in [0.25, 0.3) is 0 Å². The van der Waals surface area contributed by atoms with E-state index >= 15 is 0 Å². The van der Waals surface area contributed by atoms with E-state index in [4.69, 9.17) is 9.47 Å². The lowest BCUT2D eigenvalue weighted by atomic mass is 10.1. The third-order valence-corrected chi connectivity index (χ3v) is 4.91. The van der Waals surface area contributed by atoms with Gasteiger partial charge in [0.15, 0.2) is 0 Å². The molecule has 1 aromatic rings. The molecule has 23 heavy (non-hydrogen) atoms. The molecular formula is C17H23NO4S. The van der Waals surface area contributed by atoms with Crippen molar-refractivity contribution in [2.45, 2.75) is 41.2 Å². The lowest BCUT2D eigenvalue weighted by Gasteiger charge is -2.03. The Morgan fingerprint density at radius 2 is 2.04 bits per heavy atom. The van der Waals surface area contributed by atoms with Crippen LogP contribution in [-0.4, -0.2) is 23.5 Å². The van der Waals surface area contributed by atoms with Crippen molar-refractivity contribution in [3.63, 3.8) is 0 Å². The molecular weight excluding hydrogens is 314 g/mol. The zero-order valence-electron chi connectivity index (χ0n) is 14.2. The summed E-state index contributed by atoms with van der Waals surface area (Å²) in [4.78, 5) is 28.0. The number of allylic oxidation sites excluding steroid dienone is 2. The first kappa shape index (κ1) is 17.7. The molecule has 0 aromatic carbocycles. The van der Waals surface area contributed by atoms with E-state index < -0.39 is 5.97 Å². The fourth-order valence-electron chi connectivity index (χ4n) is 2.69. The number of aromatic nitrogens is 1. The Labute approximate surface area is 140 Å². The number of hydrogen-bond acceptors (Lipinski definition) is 6. The van der Waals surface area contributed by atoms with Gasteiger partial charge in [0.2, 0.25) is 5.01 Å². The van der Waals surface area contributed by atoms with Crippen LogP contribution in [0.15, 0.2) is 17.0 Å². The van der Waals surface area contributed by atoms with Gasteiger partial charge in [-0.3, -0.25) is 4.79 Å². The fourth-order valence-corrected chi connectivity index (χ4v) is 3.39. The summed E-state index contributed by atoms with van der Waals surface area (Å²) in [5.74, 6) is -0.531. The van der Waals surface area contributed by atoms with Crippen LogP contribution in [0.2, 0.25) is 0 Å². The lowest BCUT2D eigenvalue weighted by Crippen LogP contribution is -2.11. The van der Waals surface area contributed by atoms with Crippen molar-refractivity contribution in [2.75, 3.05) is 6.61 Å². The fraction of sp³-hybridized carbons (Fsp3) is 0.588. The SMILES string of the molecule is CCOC(=O)c1nc(COC(=O)[C@H]2[C@@H](C=C(C)C)C2(C)C)cs1. The minimum atomic E-state index is -0.443. The van der Waals surface area contributed by atoms with Crippen LogP contribution in [0.4, 0.5) is 0 Å². The van der Waals surface area contributed by atoms with Gasteiger partial charge in [0, 0.05) is 5.38 Å². The number of carbonyl (C=O) groups excluding carboxylic acids is 2. The second-order valence-electron chi connectivity index (χ2n) is 6.54. The highest BCUT2D eigenvalue weighted by atomic mass is 32.1. The van der Waals surface area contributed by atoms with Crippen LogP contribution in [0.5, 0.6) is 0 Å². The quantitative estimate of drug-likeness (QED) is 0.586. The summed E-state index contributed by atoms with van der Waals surface area (Å²) < 4.78 is 10.3. The number of rotatable bonds is 6. The van der Waals surface area contributed by atoms with Crippen LogP contribution in [0, 0.1) is 17.3 Å². The average molecular weight is 337 g/mol. The van der Waals surface area contributed by atoms with Gasteiger partial charge in [-0.1, -0.05) is 25.5 Å². The number of thiazole rings is 1. The molecule has 0 N–H and O–H groups in total. The first-order valence-electron chi connectivity index (χ1n) is 7.70. The van der Waals surface area contributed by atoms with Crippen molar-refractivity contribution in [3.05, 3.63) is 27.7 Å². The van der Waals surface area contributed by atoms with Crippen LogP contribution in [0.25, 0.3) is 0 Å². The van der Waals surface area contributed by atoms with Crippen molar-refractivity contribution >= 4 is 23.3 Å². The lowest BCUT2D eigenvalue weighted by molar-refractivity contribution is -0.147. The monoisotopic (exact) mass is 337 g/mol. The molecule has 1 fully saturated rings. The zero-order valence-corrected chi connectivity index (χ0v) is 15.0. The molecule has 0 bridgehead atoms. The first-order chi connectivity index (χ1) is 10.8. The Morgan fingerprint density at radius 3 is 2.65 bits per heavy atom. The minimum absolute atomic E-state index is 0.0630. The molecule has 0 amide bonds. The smallest absolute Gasteiger partial charge is 0.367 e. The third kappa shape index (κ3) is 3.99. The van der Waals surface area contributed by atoms with Gasteiger partial charge in [-0.05, 0) is 32.1 Å². The highest BCUT2D eigenvalue weighted by molar-refractivity contribution is 7.11. The molecule has 6 heteroatoms. The maximum absolute atomic E-state index is 12.3. The van der Waals surface area contributed by atoms with Gasteiger partial charge < -0.3 is 9.47 Å². The van der Waals surface area contributed by atoms with Crippen molar-refractivity contribution < 1.29 is 19.1 Å². The molecule has 1 aliphatic carbocycles. The predicted octanol–water partition coefficient (Wildman–Crippen LogP) is 3.60. The summed E-state index contributed by atoms with van der Waals surface area (Å²) in [5.41, 5.74) is 1.72. The maximum Gasteiger partial charge on any atom is 0.367 e. The molecule has 2 rings (SSSR count). The van der Waals surface area contributed by atoms with Gasteiger partial charge in [-0.25, -0.2) is 9.78 Å². The Morgan fingerprint density at radius 1 is 1.35 bits per heavy atom. The maximum atomic E-state index is 12.3. The van der Waals surface area contributed by atoms with Crippen molar-refractivity contribution in [1.82, 2.24) is 4.98 Å². The number of hydrogen-bond donors (Lipinski definition) is 0. The minimum Gasteiger partial charge on any atom is -0.461 e. The van der Waals surface area contributed by atoms with Gasteiger partial charge >= 0.3 is 11.9 Å². The summed E-state index contributed by atoms with van der Waals surface area (Å²) in [7, 11) is 0. The standard InChI is InChI=1S/C17H23NO4S/c1-6-21-16(20)14-18-11(9-23-14)8-22-15(19)13-12(7-10(2)3)17(13,4)5/h7,9,12-13H,6,8H2,1-5H3/t12-,13-/m1/s1. The molecule has 1 aliphatic rings. The van der Waals surface area contributed by atoms with Gasteiger partial charge in [0.05, 0.1) is 18.2 Å². The van der Waals surface area contributed by atoms with E-state index in [1.807, 2.05) is 13.8 Å². The normalized spacial score (nSPS) is 21.4. The molecule has 1 saturated carbocycles. The molecule has 0 radical (unpaired) electrons. The molecule has 1 heterocycles. The average Bonchev–Trinajstić information content (AvgIpc) is 2.85. The molecule has 2 atom stereocenters. The van der Waals surface area contributed by atoms with Crippen LogP contribution in [0.1, 0.15) is 50.1 Å². The third-order valence-electron chi connectivity index (χ3n) is 4.04. The highest BCUT2D eigenvalue weighted by Gasteiger charge is 2.61. The summed E-state index contributed by atoms with van der Waals surface area (Å²) in [6.07, 6.45) is 2.13. The molecule has 1 aromatic heterocycles. The van der Waals surface area contributed by atoms with Crippen molar-refractivity contribution in [3.8, 4) is 0 Å². The Hall–Kier alpha value is -1.69. The van der Waals surface area contributed by atoms with Gasteiger partial charge in [0.1, 0.15) is 6.61 Å². The van der Waals surface area contributed by atoms with Crippen molar-refractivity contribution in [2.24, 2.45) is 17.3 Å². The first-order valence-corrected chi connectivity index (χ1v) is 8.58. The summed E-state index contributed by atoms with van der Waals surface area (Å²) in [6, 6.07) is 0. The van der Waals surface area contributed by atoms with E-state index in [9.17, 15) is 9.59 Å². The largest absolute Gasteiger partial charge is 0.461 e. The van der Waals surface area contributed by atoms with Crippen LogP contribution in [0.3, 0.4) is 0 Å². The van der Waals surface area contributed by atoms with E-state index in [0.717, 1.165) is 0 Å². The summed E-state index contributed by atoms with van der Waals surface area (Å²) in [6.45, 7) is 10.4. The van der Waals surface area contributed by atoms with Gasteiger partial charge in [-0.15, -0.1) is 11.3 Å². The van der Waals surface area contributed by atoms with E-state index in [2.05, 4.69) is 24.9 Å². The van der Waals surface area contributed by atoms with E-state index in [-0.39, 0.29) is 34.8 Å². The van der Waals surface area contributed by atoms with E-state index in [1.54, 1.807) is 12.3 Å².